The van der Waals surface area contributed by atoms with Crippen LogP contribution in [0.3, 0.4) is 0 Å². The highest BCUT2D eigenvalue weighted by Gasteiger charge is 2.23. The van der Waals surface area contributed by atoms with Gasteiger partial charge < -0.3 is 4.74 Å². The smallest absolute Gasteiger partial charge is 0.243 e. The number of ether oxygens (including phenoxy) is 1. The first-order valence-electron chi connectivity index (χ1n) is 8.03. The average molecular weight is 436 g/mol. The Balaban J connectivity index is 2.19. The molecule has 138 valence electrons. The second kappa shape index (κ2) is 9.16. The molecule has 0 amide bonds. The van der Waals surface area contributed by atoms with E-state index in [0.717, 1.165) is 16.9 Å². The largest absolute Gasteiger partial charge is 0.497 e. The van der Waals surface area contributed by atoms with Gasteiger partial charge in [0.1, 0.15) is 5.75 Å². The van der Waals surface area contributed by atoms with Crippen LogP contribution in [0.2, 0.25) is 0 Å². The molecule has 0 aromatic heterocycles. The zero-order valence-corrected chi connectivity index (χ0v) is 17.3. The summed E-state index contributed by atoms with van der Waals surface area (Å²) in [6.07, 6.45) is 3.71. The second-order valence-electron chi connectivity index (χ2n) is 5.80. The number of benzene rings is 2. The van der Waals surface area contributed by atoms with Gasteiger partial charge in [-0.1, -0.05) is 64.5 Å². The Morgan fingerprint density at radius 3 is 2.31 bits per heavy atom. The van der Waals surface area contributed by atoms with Gasteiger partial charge in [-0.3, -0.25) is 0 Å². The molecule has 0 heterocycles. The Kier molecular flexibility index (Phi) is 7.20. The van der Waals surface area contributed by atoms with E-state index in [4.69, 9.17) is 4.74 Å². The van der Waals surface area contributed by atoms with Crippen molar-refractivity contribution in [3.05, 3.63) is 76.8 Å². The first-order valence-corrected chi connectivity index (χ1v) is 10.3. The van der Waals surface area contributed by atoms with Crippen LogP contribution < -0.4 is 4.74 Å². The number of halogens is 1. The van der Waals surface area contributed by atoms with Crippen LogP contribution in [-0.2, 0) is 10.0 Å². The maximum atomic E-state index is 12.9. The lowest BCUT2D eigenvalue weighted by Crippen LogP contribution is -2.32. The zero-order valence-electron chi connectivity index (χ0n) is 14.9. The van der Waals surface area contributed by atoms with Crippen LogP contribution in [0.15, 0.2) is 70.6 Å². The summed E-state index contributed by atoms with van der Waals surface area (Å²) in [5, 5.41) is 0. The standard InChI is InChI=1S/C20H22BrNO3S/c1-16-6-12-20(13-7-16)26(23,24)22(15-17(2)21)14-4-5-18-8-10-19(25-3)11-9-18/h4-13H,2,14-15H2,1,3H3/b5-4+. The van der Waals surface area contributed by atoms with Crippen molar-refractivity contribution < 1.29 is 13.2 Å². The van der Waals surface area contributed by atoms with E-state index >= 15 is 0 Å². The Hall–Kier alpha value is -1.89. The predicted molar refractivity (Wildman–Crippen MR) is 110 cm³/mol. The minimum Gasteiger partial charge on any atom is -0.497 e. The molecule has 0 unspecified atom stereocenters. The van der Waals surface area contributed by atoms with Crippen LogP contribution in [0.5, 0.6) is 5.75 Å². The minimum atomic E-state index is -3.61. The summed E-state index contributed by atoms with van der Waals surface area (Å²) >= 11 is 3.27. The molecule has 0 saturated carbocycles. The highest BCUT2D eigenvalue weighted by atomic mass is 79.9. The Labute approximate surface area is 164 Å². The van der Waals surface area contributed by atoms with E-state index in [2.05, 4.69) is 22.5 Å². The molecule has 0 aliphatic rings. The monoisotopic (exact) mass is 435 g/mol. The molecule has 6 heteroatoms. The Morgan fingerprint density at radius 2 is 1.77 bits per heavy atom. The normalized spacial score (nSPS) is 11.8. The quantitative estimate of drug-likeness (QED) is 0.607. The molecule has 4 nitrogen and oxygen atoms in total. The molecular weight excluding hydrogens is 414 g/mol. The van der Waals surface area contributed by atoms with Crippen LogP contribution in [0.1, 0.15) is 11.1 Å². The van der Waals surface area contributed by atoms with Gasteiger partial charge in [-0.15, -0.1) is 0 Å². The van der Waals surface area contributed by atoms with Crippen molar-refractivity contribution in [2.75, 3.05) is 20.2 Å². The highest BCUT2D eigenvalue weighted by Crippen LogP contribution is 2.19. The van der Waals surface area contributed by atoms with Gasteiger partial charge in [-0.25, -0.2) is 8.42 Å². The number of hydrogen-bond acceptors (Lipinski definition) is 3. The molecule has 0 atom stereocenters. The maximum absolute atomic E-state index is 12.9. The van der Waals surface area contributed by atoms with Crippen molar-refractivity contribution >= 4 is 32.0 Å². The van der Waals surface area contributed by atoms with Crippen LogP contribution >= 0.6 is 15.9 Å². The van der Waals surface area contributed by atoms with E-state index in [1.165, 1.54) is 4.31 Å². The van der Waals surface area contributed by atoms with Crippen molar-refractivity contribution in [1.82, 2.24) is 4.31 Å². The molecule has 0 aliphatic carbocycles. The molecule has 0 spiro atoms. The summed E-state index contributed by atoms with van der Waals surface area (Å²) in [6, 6.07) is 14.4. The number of aryl methyl sites for hydroxylation is 1. The molecule has 2 aromatic rings. The van der Waals surface area contributed by atoms with E-state index in [9.17, 15) is 8.42 Å². The van der Waals surface area contributed by atoms with Gasteiger partial charge in [0.2, 0.25) is 10.0 Å². The van der Waals surface area contributed by atoms with Gasteiger partial charge in [0.05, 0.1) is 12.0 Å². The number of methoxy groups -OCH3 is 1. The van der Waals surface area contributed by atoms with Crippen molar-refractivity contribution in [2.24, 2.45) is 0 Å². The van der Waals surface area contributed by atoms with E-state index in [1.807, 2.05) is 43.3 Å². The van der Waals surface area contributed by atoms with Crippen LogP contribution in [0.25, 0.3) is 6.08 Å². The fourth-order valence-corrected chi connectivity index (χ4v) is 4.17. The maximum Gasteiger partial charge on any atom is 0.243 e. The van der Waals surface area contributed by atoms with Crippen LogP contribution in [0, 0.1) is 6.92 Å². The SMILES string of the molecule is C=C(Br)CN(C/C=C/c1ccc(OC)cc1)S(=O)(=O)c1ccc(C)cc1. The highest BCUT2D eigenvalue weighted by molar-refractivity contribution is 9.11. The van der Waals surface area contributed by atoms with E-state index < -0.39 is 10.0 Å². The molecular formula is C20H22BrNO3S. The van der Waals surface area contributed by atoms with Gasteiger partial charge in [-0.2, -0.15) is 4.31 Å². The summed E-state index contributed by atoms with van der Waals surface area (Å²) in [5.41, 5.74) is 1.98. The third-order valence-electron chi connectivity index (χ3n) is 3.74. The second-order valence-corrected chi connectivity index (χ2v) is 8.86. The minimum absolute atomic E-state index is 0.198. The fourth-order valence-electron chi connectivity index (χ4n) is 2.32. The molecule has 0 fully saturated rings. The Morgan fingerprint density at radius 1 is 1.15 bits per heavy atom. The van der Waals surface area contributed by atoms with Gasteiger partial charge in [0.25, 0.3) is 0 Å². The van der Waals surface area contributed by atoms with E-state index in [0.29, 0.717) is 4.48 Å². The molecule has 0 radical (unpaired) electrons. The summed E-state index contributed by atoms with van der Waals surface area (Å²) in [5.74, 6) is 0.779. The van der Waals surface area contributed by atoms with Crippen molar-refractivity contribution in [1.29, 1.82) is 0 Å². The lowest BCUT2D eigenvalue weighted by Gasteiger charge is -2.20. The number of nitrogens with zero attached hydrogens (tertiary/aromatic N) is 1. The first kappa shape index (κ1) is 20.4. The predicted octanol–water partition coefficient (Wildman–Crippen LogP) is 4.62. The third-order valence-corrected chi connectivity index (χ3v) is 5.82. The lowest BCUT2D eigenvalue weighted by molar-refractivity contribution is 0.415. The molecule has 0 bridgehead atoms. The molecule has 2 aromatic carbocycles. The van der Waals surface area contributed by atoms with Crippen LogP contribution in [-0.4, -0.2) is 32.9 Å². The topological polar surface area (TPSA) is 46.6 Å². The summed E-state index contributed by atoms with van der Waals surface area (Å²) < 4.78 is 33.0. The molecule has 0 aliphatic heterocycles. The zero-order chi connectivity index (χ0) is 19.2. The molecule has 0 N–H and O–H groups in total. The summed E-state index contributed by atoms with van der Waals surface area (Å²) in [6.45, 7) is 6.14. The van der Waals surface area contributed by atoms with Gasteiger partial charge >= 0.3 is 0 Å². The van der Waals surface area contributed by atoms with E-state index in [1.54, 1.807) is 31.4 Å². The van der Waals surface area contributed by atoms with E-state index in [-0.39, 0.29) is 18.0 Å². The third kappa shape index (κ3) is 5.56. The Bertz CT molecular complexity index is 872. The molecule has 2 rings (SSSR count). The van der Waals surface area contributed by atoms with Crippen molar-refractivity contribution in [3.63, 3.8) is 0 Å². The number of hydrogen-bond donors (Lipinski definition) is 0. The lowest BCUT2D eigenvalue weighted by atomic mass is 10.2. The van der Waals surface area contributed by atoms with Gasteiger partial charge in [0, 0.05) is 17.6 Å². The average Bonchev–Trinajstić information content (AvgIpc) is 2.61. The summed E-state index contributed by atoms with van der Waals surface area (Å²) in [7, 11) is -1.99. The van der Waals surface area contributed by atoms with Crippen molar-refractivity contribution in [2.45, 2.75) is 11.8 Å². The number of rotatable bonds is 8. The molecule has 0 saturated heterocycles. The fraction of sp³-hybridized carbons (Fsp3) is 0.200. The van der Waals surface area contributed by atoms with Crippen molar-refractivity contribution in [3.8, 4) is 5.75 Å². The first-order chi connectivity index (χ1) is 12.3. The van der Waals surface area contributed by atoms with Gasteiger partial charge in [0.15, 0.2) is 0 Å². The molecule has 26 heavy (non-hydrogen) atoms. The van der Waals surface area contributed by atoms with Gasteiger partial charge in [-0.05, 0) is 36.8 Å². The van der Waals surface area contributed by atoms with Crippen LogP contribution in [0.4, 0.5) is 0 Å². The number of sulfonamides is 1. The summed E-state index contributed by atoms with van der Waals surface area (Å²) in [4.78, 5) is 0.273.